The van der Waals surface area contributed by atoms with Crippen molar-refractivity contribution >= 4 is 22.5 Å². The Bertz CT molecular complexity index is 780. The van der Waals surface area contributed by atoms with Gasteiger partial charge in [0.25, 0.3) is 5.91 Å². The number of aromatic nitrogens is 2. The molecule has 0 unspecified atom stereocenters. The maximum Gasteiger partial charge on any atom is 0.276 e. The third kappa shape index (κ3) is 2.78. The first-order valence-electron chi connectivity index (χ1n) is 6.60. The highest BCUT2D eigenvalue weighted by Gasteiger charge is 2.13. The molecule has 0 bridgehead atoms. The number of benzene rings is 2. The zero-order valence-corrected chi connectivity index (χ0v) is 11.6. The van der Waals surface area contributed by atoms with Crippen LogP contribution in [-0.4, -0.2) is 23.2 Å². The maximum atomic E-state index is 12.3. The van der Waals surface area contributed by atoms with Crippen molar-refractivity contribution in [3.63, 3.8) is 0 Å². The lowest BCUT2D eigenvalue weighted by atomic mass is 10.2. The summed E-state index contributed by atoms with van der Waals surface area (Å²) in [5.74, 6) is -0.234. The zero-order chi connectivity index (χ0) is 14.7. The Kier molecular flexibility index (Phi) is 3.66. The molecule has 1 aromatic heterocycles. The van der Waals surface area contributed by atoms with E-state index < -0.39 is 0 Å². The highest BCUT2D eigenvalue weighted by Crippen LogP contribution is 2.17. The number of carbonyl (C=O) groups excluding carboxylic acids is 1. The van der Waals surface area contributed by atoms with Crippen LogP contribution < -0.4 is 5.32 Å². The van der Waals surface area contributed by atoms with Gasteiger partial charge in [0, 0.05) is 18.2 Å². The second-order valence-corrected chi connectivity index (χ2v) is 4.71. The molecule has 106 valence electrons. The van der Waals surface area contributed by atoms with Crippen LogP contribution in [-0.2, 0) is 11.3 Å². The molecule has 0 aliphatic carbocycles. The number of nitrogens with one attached hydrogen (secondary N) is 2. The van der Waals surface area contributed by atoms with E-state index in [1.165, 1.54) is 0 Å². The highest BCUT2D eigenvalue weighted by atomic mass is 16.5. The van der Waals surface area contributed by atoms with Crippen molar-refractivity contribution in [1.29, 1.82) is 0 Å². The van der Waals surface area contributed by atoms with Gasteiger partial charge >= 0.3 is 0 Å². The summed E-state index contributed by atoms with van der Waals surface area (Å²) in [4.78, 5) is 12.3. The predicted octanol–water partition coefficient (Wildman–Crippen LogP) is 2.96. The number of rotatable bonds is 4. The average molecular weight is 281 g/mol. The SMILES string of the molecule is COCc1cccc(NC(=O)c2n[nH]c3ccccc23)c1. The number of fused-ring (bicyclic) bond motifs is 1. The van der Waals surface area contributed by atoms with E-state index in [0.29, 0.717) is 12.3 Å². The van der Waals surface area contributed by atoms with Gasteiger partial charge in [0.2, 0.25) is 0 Å². The minimum absolute atomic E-state index is 0.234. The topological polar surface area (TPSA) is 67.0 Å². The third-order valence-electron chi connectivity index (χ3n) is 3.18. The minimum atomic E-state index is -0.234. The molecule has 2 aromatic carbocycles. The zero-order valence-electron chi connectivity index (χ0n) is 11.6. The van der Waals surface area contributed by atoms with E-state index in [2.05, 4.69) is 15.5 Å². The standard InChI is InChI=1S/C16H15N3O2/c1-21-10-11-5-4-6-12(9-11)17-16(20)15-13-7-2-3-8-14(13)18-19-15/h2-9H,10H2,1H3,(H,17,20)(H,18,19). The summed E-state index contributed by atoms with van der Waals surface area (Å²) in [5, 5.41) is 10.6. The van der Waals surface area contributed by atoms with Gasteiger partial charge in [-0.05, 0) is 23.8 Å². The van der Waals surface area contributed by atoms with Crippen molar-refractivity contribution < 1.29 is 9.53 Å². The Morgan fingerprint density at radius 3 is 2.95 bits per heavy atom. The molecule has 0 fully saturated rings. The van der Waals surface area contributed by atoms with Crippen LogP contribution in [0.1, 0.15) is 16.1 Å². The lowest BCUT2D eigenvalue weighted by molar-refractivity contribution is 0.102. The number of para-hydroxylation sites is 1. The van der Waals surface area contributed by atoms with Crippen LogP contribution in [0.3, 0.4) is 0 Å². The van der Waals surface area contributed by atoms with Crippen LogP contribution in [0, 0.1) is 0 Å². The number of hydrogen-bond donors (Lipinski definition) is 2. The molecule has 2 N–H and O–H groups in total. The quantitative estimate of drug-likeness (QED) is 0.772. The summed E-state index contributed by atoms with van der Waals surface area (Å²) in [7, 11) is 1.64. The number of amides is 1. The smallest absolute Gasteiger partial charge is 0.276 e. The summed E-state index contributed by atoms with van der Waals surface area (Å²) in [6.45, 7) is 0.509. The van der Waals surface area contributed by atoms with Crippen LogP contribution in [0.5, 0.6) is 0 Å². The molecule has 5 heteroatoms. The molecule has 0 saturated carbocycles. The van der Waals surface area contributed by atoms with Crippen molar-refractivity contribution in [3.8, 4) is 0 Å². The molecule has 1 heterocycles. The third-order valence-corrected chi connectivity index (χ3v) is 3.18. The van der Waals surface area contributed by atoms with Crippen LogP contribution in [0.4, 0.5) is 5.69 Å². The van der Waals surface area contributed by atoms with Crippen LogP contribution >= 0.6 is 0 Å². The molecule has 1 amide bonds. The van der Waals surface area contributed by atoms with E-state index in [4.69, 9.17) is 4.74 Å². The average Bonchev–Trinajstić information content (AvgIpc) is 2.92. The first kappa shape index (κ1) is 13.3. The Morgan fingerprint density at radius 2 is 2.10 bits per heavy atom. The number of methoxy groups -OCH3 is 1. The summed E-state index contributed by atoms with van der Waals surface area (Å²) in [6.07, 6.45) is 0. The number of H-pyrrole nitrogens is 1. The predicted molar refractivity (Wildman–Crippen MR) is 81.2 cm³/mol. The lowest BCUT2D eigenvalue weighted by Crippen LogP contribution is -2.13. The molecule has 3 rings (SSSR count). The lowest BCUT2D eigenvalue weighted by Gasteiger charge is -2.06. The molecule has 0 radical (unpaired) electrons. The summed E-state index contributed by atoms with van der Waals surface area (Å²) in [6, 6.07) is 15.1. The van der Waals surface area contributed by atoms with Gasteiger partial charge in [0.05, 0.1) is 12.1 Å². The summed E-state index contributed by atoms with van der Waals surface area (Å²) < 4.78 is 5.09. The number of hydrogen-bond acceptors (Lipinski definition) is 3. The summed E-state index contributed by atoms with van der Waals surface area (Å²) in [5.41, 5.74) is 2.96. The molecular weight excluding hydrogens is 266 g/mol. The van der Waals surface area contributed by atoms with Crippen LogP contribution in [0.25, 0.3) is 10.9 Å². The normalized spacial score (nSPS) is 10.7. The minimum Gasteiger partial charge on any atom is -0.380 e. The Balaban J connectivity index is 1.84. The van der Waals surface area contributed by atoms with Gasteiger partial charge in [-0.2, -0.15) is 5.10 Å². The second-order valence-electron chi connectivity index (χ2n) is 4.71. The second kappa shape index (κ2) is 5.76. The molecular formula is C16H15N3O2. The van der Waals surface area contributed by atoms with Crippen LogP contribution in [0.15, 0.2) is 48.5 Å². The van der Waals surface area contributed by atoms with Gasteiger partial charge in [-0.15, -0.1) is 0 Å². The summed E-state index contributed by atoms with van der Waals surface area (Å²) >= 11 is 0. The van der Waals surface area contributed by atoms with E-state index >= 15 is 0 Å². The van der Waals surface area contributed by atoms with Crippen molar-refractivity contribution in [2.45, 2.75) is 6.61 Å². The first-order chi connectivity index (χ1) is 10.3. The molecule has 3 aromatic rings. The largest absolute Gasteiger partial charge is 0.380 e. The van der Waals surface area contributed by atoms with Crippen molar-refractivity contribution in [1.82, 2.24) is 10.2 Å². The Morgan fingerprint density at radius 1 is 1.24 bits per heavy atom. The molecule has 0 atom stereocenters. The number of ether oxygens (including phenoxy) is 1. The van der Waals surface area contributed by atoms with E-state index in [0.717, 1.165) is 22.2 Å². The molecule has 21 heavy (non-hydrogen) atoms. The fraction of sp³-hybridized carbons (Fsp3) is 0.125. The maximum absolute atomic E-state index is 12.3. The molecule has 5 nitrogen and oxygen atoms in total. The highest BCUT2D eigenvalue weighted by molar-refractivity contribution is 6.11. The van der Waals surface area contributed by atoms with Crippen molar-refractivity contribution in [3.05, 3.63) is 59.8 Å². The Labute approximate surface area is 121 Å². The van der Waals surface area contributed by atoms with Gasteiger partial charge in [-0.1, -0.05) is 30.3 Å². The molecule has 0 aliphatic rings. The monoisotopic (exact) mass is 281 g/mol. The fourth-order valence-corrected chi connectivity index (χ4v) is 2.23. The first-order valence-corrected chi connectivity index (χ1v) is 6.60. The molecule has 0 saturated heterocycles. The number of nitrogens with zero attached hydrogens (tertiary/aromatic N) is 1. The van der Waals surface area contributed by atoms with Crippen LogP contribution in [0.2, 0.25) is 0 Å². The molecule has 0 spiro atoms. The van der Waals surface area contributed by atoms with Crippen molar-refractivity contribution in [2.75, 3.05) is 12.4 Å². The van der Waals surface area contributed by atoms with E-state index in [9.17, 15) is 4.79 Å². The van der Waals surface area contributed by atoms with Gasteiger partial charge in [0.15, 0.2) is 5.69 Å². The van der Waals surface area contributed by atoms with Crippen molar-refractivity contribution in [2.24, 2.45) is 0 Å². The number of carbonyl (C=O) groups is 1. The van der Waals surface area contributed by atoms with E-state index in [1.807, 2.05) is 48.5 Å². The molecule has 0 aliphatic heterocycles. The van der Waals surface area contributed by atoms with Gasteiger partial charge in [-0.25, -0.2) is 0 Å². The number of aromatic amines is 1. The van der Waals surface area contributed by atoms with Gasteiger partial charge in [-0.3, -0.25) is 9.89 Å². The fourth-order valence-electron chi connectivity index (χ4n) is 2.23. The van der Waals surface area contributed by atoms with Gasteiger partial charge < -0.3 is 10.1 Å². The number of anilines is 1. The van der Waals surface area contributed by atoms with E-state index in [-0.39, 0.29) is 5.91 Å². The van der Waals surface area contributed by atoms with E-state index in [1.54, 1.807) is 7.11 Å². The Hall–Kier alpha value is -2.66. The van der Waals surface area contributed by atoms with Gasteiger partial charge in [0.1, 0.15) is 0 Å².